The average Bonchev–Trinajstić information content (AvgIpc) is 2.29. The summed E-state index contributed by atoms with van der Waals surface area (Å²) < 4.78 is 1.15. The molecule has 0 aliphatic carbocycles. The molecule has 2 aromatic rings. The lowest BCUT2D eigenvalue weighted by atomic mass is 9.96. The van der Waals surface area contributed by atoms with E-state index >= 15 is 0 Å². The fourth-order valence-corrected chi connectivity index (χ4v) is 2.75. The van der Waals surface area contributed by atoms with Gasteiger partial charge in [0, 0.05) is 29.3 Å². The second kappa shape index (κ2) is 3.63. The van der Waals surface area contributed by atoms with Gasteiger partial charge in [0.15, 0.2) is 0 Å². The molecule has 3 rings (SSSR count). The van der Waals surface area contributed by atoms with E-state index in [1.807, 2.05) is 0 Å². The Kier molecular flexibility index (Phi) is 2.25. The third kappa shape index (κ3) is 1.45. The molecule has 0 radical (unpaired) electrons. The van der Waals surface area contributed by atoms with Crippen molar-refractivity contribution in [2.75, 3.05) is 11.9 Å². The quantitative estimate of drug-likeness (QED) is 0.698. The van der Waals surface area contributed by atoms with Crippen molar-refractivity contribution in [1.29, 1.82) is 0 Å². The minimum Gasteiger partial charge on any atom is -0.344 e. The minimum absolute atomic E-state index is 1.02. The van der Waals surface area contributed by atoms with E-state index in [1.54, 1.807) is 0 Å². The molecule has 0 saturated heterocycles. The number of rotatable bonds is 0. The molecule has 1 aliphatic heterocycles. The van der Waals surface area contributed by atoms with E-state index in [-0.39, 0.29) is 0 Å². The molecule has 0 spiro atoms. The third-order valence-electron chi connectivity index (χ3n) is 3.14. The SMILES string of the molecule is CN1c2ccccc2Cc2cc(Br)ccc21. The molecule has 0 bridgehead atoms. The van der Waals surface area contributed by atoms with E-state index < -0.39 is 0 Å². The van der Waals surface area contributed by atoms with Crippen molar-refractivity contribution in [3.8, 4) is 0 Å². The van der Waals surface area contributed by atoms with E-state index in [0.29, 0.717) is 0 Å². The maximum absolute atomic E-state index is 3.53. The average molecular weight is 274 g/mol. The first-order valence-corrected chi connectivity index (χ1v) is 6.15. The van der Waals surface area contributed by atoms with Gasteiger partial charge in [-0.15, -0.1) is 0 Å². The van der Waals surface area contributed by atoms with Crippen LogP contribution in [-0.2, 0) is 6.42 Å². The van der Waals surface area contributed by atoms with Crippen LogP contribution < -0.4 is 4.90 Å². The highest BCUT2D eigenvalue weighted by Crippen LogP contribution is 2.38. The summed E-state index contributed by atoms with van der Waals surface area (Å²) in [6.07, 6.45) is 1.02. The number of para-hydroxylation sites is 1. The molecule has 0 N–H and O–H groups in total. The van der Waals surface area contributed by atoms with Crippen molar-refractivity contribution >= 4 is 27.3 Å². The number of benzene rings is 2. The maximum Gasteiger partial charge on any atom is 0.0444 e. The zero-order valence-corrected chi connectivity index (χ0v) is 10.7. The van der Waals surface area contributed by atoms with Gasteiger partial charge in [0.05, 0.1) is 0 Å². The van der Waals surface area contributed by atoms with Crippen molar-refractivity contribution in [2.24, 2.45) is 0 Å². The van der Waals surface area contributed by atoms with Gasteiger partial charge in [-0.2, -0.15) is 0 Å². The number of anilines is 2. The zero-order chi connectivity index (χ0) is 11.1. The summed E-state index contributed by atoms with van der Waals surface area (Å²) in [7, 11) is 2.13. The molecule has 0 atom stereocenters. The van der Waals surface area contributed by atoms with Crippen LogP contribution >= 0.6 is 15.9 Å². The van der Waals surface area contributed by atoms with Crippen LogP contribution in [0.3, 0.4) is 0 Å². The van der Waals surface area contributed by atoms with Gasteiger partial charge >= 0.3 is 0 Å². The van der Waals surface area contributed by atoms with E-state index in [9.17, 15) is 0 Å². The monoisotopic (exact) mass is 273 g/mol. The molecule has 1 nitrogen and oxygen atoms in total. The zero-order valence-electron chi connectivity index (χ0n) is 9.07. The number of halogens is 1. The first kappa shape index (κ1) is 9.91. The van der Waals surface area contributed by atoms with Crippen LogP contribution in [0.1, 0.15) is 11.1 Å². The van der Waals surface area contributed by atoms with Crippen LogP contribution in [0.25, 0.3) is 0 Å². The van der Waals surface area contributed by atoms with Gasteiger partial charge in [0.1, 0.15) is 0 Å². The predicted octanol–water partition coefficient (Wildman–Crippen LogP) is 4.12. The van der Waals surface area contributed by atoms with Gasteiger partial charge in [-0.3, -0.25) is 0 Å². The van der Waals surface area contributed by atoms with Crippen molar-refractivity contribution in [2.45, 2.75) is 6.42 Å². The molecule has 0 fully saturated rings. The normalized spacial score (nSPS) is 13.2. The Morgan fingerprint density at radius 2 is 1.75 bits per heavy atom. The summed E-state index contributed by atoms with van der Waals surface area (Å²) in [5.41, 5.74) is 5.41. The fraction of sp³-hybridized carbons (Fsp3) is 0.143. The first-order valence-electron chi connectivity index (χ1n) is 5.36. The summed E-state index contributed by atoms with van der Waals surface area (Å²) in [4.78, 5) is 2.26. The highest BCUT2D eigenvalue weighted by molar-refractivity contribution is 9.10. The number of hydrogen-bond donors (Lipinski definition) is 0. The lowest BCUT2D eigenvalue weighted by molar-refractivity contribution is 1.05. The maximum atomic E-state index is 3.53. The second-order valence-corrected chi connectivity index (χ2v) is 5.05. The molecular weight excluding hydrogens is 262 g/mol. The van der Waals surface area contributed by atoms with E-state index in [1.165, 1.54) is 22.5 Å². The Bertz CT molecular complexity index is 548. The van der Waals surface area contributed by atoms with Crippen LogP contribution in [0.15, 0.2) is 46.9 Å². The largest absolute Gasteiger partial charge is 0.344 e. The van der Waals surface area contributed by atoms with Gasteiger partial charge in [-0.25, -0.2) is 0 Å². The van der Waals surface area contributed by atoms with Crippen molar-refractivity contribution in [3.05, 3.63) is 58.1 Å². The number of nitrogens with zero attached hydrogens (tertiary/aromatic N) is 1. The van der Waals surface area contributed by atoms with Crippen LogP contribution in [0.5, 0.6) is 0 Å². The summed E-state index contributed by atoms with van der Waals surface area (Å²) in [6.45, 7) is 0. The topological polar surface area (TPSA) is 3.24 Å². The first-order chi connectivity index (χ1) is 7.75. The molecule has 0 amide bonds. The van der Waals surface area contributed by atoms with Crippen LogP contribution in [0.2, 0.25) is 0 Å². The minimum atomic E-state index is 1.02. The Morgan fingerprint density at radius 1 is 1.00 bits per heavy atom. The van der Waals surface area contributed by atoms with E-state index in [4.69, 9.17) is 0 Å². The highest BCUT2D eigenvalue weighted by Gasteiger charge is 2.18. The Balaban J connectivity index is 2.18. The standard InChI is InChI=1S/C14H12BrN/c1-16-13-5-3-2-4-10(13)8-11-9-12(15)6-7-14(11)16/h2-7,9H,8H2,1H3. The molecule has 80 valence electrons. The molecule has 2 heteroatoms. The third-order valence-corrected chi connectivity index (χ3v) is 3.63. The molecular formula is C14H12BrN. The van der Waals surface area contributed by atoms with Crippen LogP contribution in [0.4, 0.5) is 11.4 Å². The van der Waals surface area contributed by atoms with Crippen molar-refractivity contribution in [1.82, 2.24) is 0 Å². The summed E-state index contributed by atoms with van der Waals surface area (Å²) in [6, 6.07) is 15.1. The number of fused-ring (bicyclic) bond motifs is 2. The van der Waals surface area contributed by atoms with Crippen molar-refractivity contribution < 1.29 is 0 Å². The number of hydrogen-bond acceptors (Lipinski definition) is 1. The second-order valence-electron chi connectivity index (χ2n) is 4.14. The van der Waals surface area contributed by atoms with Gasteiger partial charge < -0.3 is 4.90 Å². The molecule has 1 aliphatic rings. The molecule has 2 aromatic carbocycles. The van der Waals surface area contributed by atoms with E-state index in [2.05, 4.69) is 70.3 Å². The van der Waals surface area contributed by atoms with Crippen LogP contribution in [-0.4, -0.2) is 7.05 Å². The predicted molar refractivity (Wildman–Crippen MR) is 71.5 cm³/mol. The fourth-order valence-electron chi connectivity index (χ4n) is 2.35. The molecule has 16 heavy (non-hydrogen) atoms. The van der Waals surface area contributed by atoms with Gasteiger partial charge in [0.25, 0.3) is 0 Å². The Labute approximate surface area is 104 Å². The molecule has 0 saturated carbocycles. The highest BCUT2D eigenvalue weighted by atomic mass is 79.9. The molecule has 0 unspecified atom stereocenters. The summed E-state index contributed by atoms with van der Waals surface area (Å²) in [5, 5.41) is 0. The lowest BCUT2D eigenvalue weighted by Gasteiger charge is -2.30. The van der Waals surface area contributed by atoms with Crippen molar-refractivity contribution in [3.63, 3.8) is 0 Å². The van der Waals surface area contributed by atoms with E-state index in [0.717, 1.165) is 10.9 Å². The Hall–Kier alpha value is -1.28. The Morgan fingerprint density at radius 3 is 2.62 bits per heavy atom. The summed E-state index contributed by atoms with van der Waals surface area (Å²) in [5.74, 6) is 0. The van der Waals surface area contributed by atoms with Gasteiger partial charge in [0.2, 0.25) is 0 Å². The van der Waals surface area contributed by atoms with Gasteiger partial charge in [-0.05, 0) is 35.4 Å². The lowest BCUT2D eigenvalue weighted by Crippen LogP contribution is -2.18. The molecule has 1 heterocycles. The van der Waals surface area contributed by atoms with Gasteiger partial charge in [-0.1, -0.05) is 34.1 Å². The summed E-state index contributed by atoms with van der Waals surface area (Å²) >= 11 is 3.53. The smallest absolute Gasteiger partial charge is 0.0444 e. The van der Waals surface area contributed by atoms with Crippen LogP contribution in [0, 0.1) is 0 Å². The molecule has 0 aromatic heterocycles.